The van der Waals surface area contributed by atoms with Crippen LogP contribution in [0, 0.1) is 12.8 Å². The van der Waals surface area contributed by atoms with Gasteiger partial charge < -0.3 is 4.90 Å². The number of carbonyl (C=O) groups excluding carboxylic acids is 2. The highest BCUT2D eigenvalue weighted by Gasteiger charge is 2.34. The lowest BCUT2D eigenvalue weighted by atomic mass is 9.95. The number of thioether (sulfide) groups is 1. The first-order chi connectivity index (χ1) is 14.0. The highest BCUT2D eigenvalue weighted by Crippen LogP contribution is 2.31. The fourth-order valence-corrected chi connectivity index (χ4v) is 5.44. The van der Waals surface area contributed by atoms with E-state index < -0.39 is 0 Å². The van der Waals surface area contributed by atoms with Gasteiger partial charge in [0.15, 0.2) is 5.17 Å². The third kappa shape index (κ3) is 4.37. The van der Waals surface area contributed by atoms with Crippen molar-refractivity contribution in [1.82, 2.24) is 9.80 Å². The van der Waals surface area contributed by atoms with Crippen molar-refractivity contribution >= 4 is 57.4 Å². The molecule has 0 unspecified atom stereocenters. The van der Waals surface area contributed by atoms with Gasteiger partial charge in [0.05, 0.1) is 10.6 Å². The minimum Gasteiger partial charge on any atom is -0.338 e. The molecule has 2 fully saturated rings. The number of likely N-dealkylation sites (tertiary alicyclic amines) is 1. The van der Waals surface area contributed by atoms with Crippen LogP contribution in [0.3, 0.4) is 0 Å². The highest BCUT2D eigenvalue weighted by molar-refractivity contribution is 8.14. The summed E-state index contributed by atoms with van der Waals surface area (Å²) in [5.74, 6) is 0.976. The quantitative estimate of drug-likeness (QED) is 0.677. The van der Waals surface area contributed by atoms with Gasteiger partial charge in [0.25, 0.3) is 5.91 Å². The van der Waals surface area contributed by atoms with E-state index >= 15 is 0 Å². The molecule has 2 saturated heterocycles. The Hall–Kier alpha value is -1.83. The van der Waals surface area contributed by atoms with Crippen molar-refractivity contribution in [3.05, 3.63) is 51.2 Å². The molecule has 3 heterocycles. The predicted octanol–water partition coefficient (Wildman–Crippen LogP) is 4.83. The minimum atomic E-state index is -0.0632. The van der Waals surface area contributed by atoms with Crippen molar-refractivity contribution in [1.29, 1.82) is 0 Å². The molecule has 0 aliphatic carbocycles. The number of carbonyl (C=O) groups is 2. The van der Waals surface area contributed by atoms with Gasteiger partial charge in [0, 0.05) is 36.3 Å². The summed E-state index contributed by atoms with van der Waals surface area (Å²) in [6.07, 6.45) is 1.39. The van der Waals surface area contributed by atoms with E-state index in [1.807, 2.05) is 52.4 Å². The first-order valence-electron chi connectivity index (χ1n) is 9.65. The molecule has 0 saturated carbocycles. The van der Waals surface area contributed by atoms with E-state index in [0.29, 0.717) is 37.5 Å². The summed E-state index contributed by atoms with van der Waals surface area (Å²) in [5.41, 5.74) is 1.72. The second kappa shape index (κ2) is 8.90. The van der Waals surface area contributed by atoms with Gasteiger partial charge >= 0.3 is 0 Å². The molecule has 0 bridgehead atoms. The van der Waals surface area contributed by atoms with Gasteiger partial charge in [-0.1, -0.05) is 35.5 Å². The zero-order valence-corrected chi connectivity index (χ0v) is 18.5. The van der Waals surface area contributed by atoms with Crippen LogP contribution in [0.5, 0.6) is 0 Å². The number of hydrogen-bond acceptors (Lipinski definition) is 5. The van der Waals surface area contributed by atoms with Crippen LogP contribution in [0.25, 0.3) is 0 Å². The van der Waals surface area contributed by atoms with Crippen LogP contribution in [-0.4, -0.2) is 52.2 Å². The number of rotatable bonds is 3. The summed E-state index contributed by atoms with van der Waals surface area (Å²) >= 11 is 9.27. The summed E-state index contributed by atoms with van der Waals surface area (Å²) in [6.45, 7) is 3.85. The van der Waals surface area contributed by atoms with Crippen LogP contribution in [0.4, 0.5) is 5.69 Å². The molecule has 2 amide bonds. The maximum Gasteiger partial charge on any atom is 0.263 e. The molecule has 1 aromatic heterocycles. The minimum absolute atomic E-state index is 0.0632. The van der Waals surface area contributed by atoms with Crippen molar-refractivity contribution in [2.24, 2.45) is 10.9 Å². The monoisotopic (exact) mass is 447 g/mol. The van der Waals surface area contributed by atoms with Crippen molar-refractivity contribution in [3.63, 3.8) is 0 Å². The topological polar surface area (TPSA) is 53.0 Å². The Kier molecular flexibility index (Phi) is 6.27. The summed E-state index contributed by atoms with van der Waals surface area (Å²) in [4.78, 5) is 34.8. The third-order valence-electron chi connectivity index (χ3n) is 5.36. The highest BCUT2D eigenvalue weighted by atomic mass is 35.5. The largest absolute Gasteiger partial charge is 0.338 e. The number of amidine groups is 1. The number of aliphatic imine (C=N–C) groups is 1. The lowest BCUT2D eigenvalue weighted by molar-refractivity contribution is -0.132. The molecule has 4 rings (SSSR count). The van der Waals surface area contributed by atoms with E-state index in [0.717, 1.165) is 27.0 Å². The number of hydrogen-bond donors (Lipinski definition) is 0. The Balaban J connectivity index is 1.42. The zero-order valence-electron chi connectivity index (χ0n) is 16.1. The molecule has 8 heteroatoms. The number of amides is 2. The third-order valence-corrected chi connectivity index (χ3v) is 7.59. The summed E-state index contributed by atoms with van der Waals surface area (Å²) in [7, 11) is 0. The molecule has 152 valence electrons. The fraction of sp³-hybridized carbons (Fsp3) is 0.381. The Bertz CT molecular complexity index is 937. The van der Waals surface area contributed by atoms with Crippen molar-refractivity contribution in [3.8, 4) is 0 Å². The molecule has 5 nitrogen and oxygen atoms in total. The molecule has 2 aliphatic rings. The van der Waals surface area contributed by atoms with Crippen LogP contribution >= 0.6 is 34.7 Å². The Morgan fingerprint density at radius 2 is 1.93 bits per heavy atom. The van der Waals surface area contributed by atoms with Gasteiger partial charge in [-0.3, -0.25) is 14.5 Å². The Morgan fingerprint density at radius 1 is 1.14 bits per heavy atom. The van der Waals surface area contributed by atoms with Gasteiger partial charge in [-0.05, 0) is 48.9 Å². The molecule has 29 heavy (non-hydrogen) atoms. The second-order valence-corrected chi connectivity index (χ2v) is 9.58. The van der Waals surface area contributed by atoms with E-state index in [4.69, 9.17) is 16.6 Å². The van der Waals surface area contributed by atoms with E-state index in [1.54, 1.807) is 11.8 Å². The summed E-state index contributed by atoms with van der Waals surface area (Å²) in [5, 5.41) is 3.34. The summed E-state index contributed by atoms with van der Waals surface area (Å²) < 4.78 is 0. The number of halogens is 1. The average Bonchev–Trinajstić information content (AvgIpc) is 3.43. The lowest BCUT2D eigenvalue weighted by Gasteiger charge is -2.32. The second-order valence-electron chi connectivity index (χ2n) is 7.16. The van der Waals surface area contributed by atoms with E-state index in [2.05, 4.69) is 0 Å². The van der Waals surface area contributed by atoms with Gasteiger partial charge in [0.1, 0.15) is 0 Å². The zero-order chi connectivity index (χ0) is 20.4. The molecule has 0 spiro atoms. The number of thiophene rings is 1. The molecular formula is C21H22ClN3O2S2. The molecule has 0 radical (unpaired) electrons. The van der Waals surface area contributed by atoms with Gasteiger partial charge in [-0.15, -0.1) is 11.3 Å². The van der Waals surface area contributed by atoms with Gasteiger partial charge in [-0.2, -0.15) is 0 Å². The molecule has 2 aliphatic heterocycles. The predicted molar refractivity (Wildman–Crippen MR) is 120 cm³/mol. The van der Waals surface area contributed by atoms with Gasteiger partial charge in [-0.25, -0.2) is 4.99 Å². The first kappa shape index (κ1) is 20.4. The lowest BCUT2D eigenvalue weighted by Crippen LogP contribution is -2.44. The smallest absolute Gasteiger partial charge is 0.263 e. The SMILES string of the molecule is Cc1c(Cl)cccc1N=C1SCCN1C(=O)C1CCN(C(=O)c2cccs2)CC1. The standard InChI is InChI=1S/C21H22ClN3O2S2/c1-14-16(22)4-2-5-17(14)23-21-25(11-13-29-21)19(26)15-7-9-24(10-8-15)20(27)18-6-3-12-28-18/h2-6,12,15H,7-11,13H2,1H3. The molecule has 0 N–H and O–H groups in total. The number of benzene rings is 1. The van der Waals surface area contributed by atoms with Crippen LogP contribution in [0.1, 0.15) is 28.1 Å². The van der Waals surface area contributed by atoms with E-state index in [-0.39, 0.29) is 17.7 Å². The van der Waals surface area contributed by atoms with E-state index in [9.17, 15) is 9.59 Å². The van der Waals surface area contributed by atoms with Crippen LogP contribution < -0.4 is 0 Å². The molecule has 1 aromatic carbocycles. The molecule has 0 atom stereocenters. The maximum absolute atomic E-state index is 13.2. The molecule has 2 aromatic rings. The molecular weight excluding hydrogens is 426 g/mol. The van der Waals surface area contributed by atoms with Crippen LogP contribution in [0.15, 0.2) is 40.7 Å². The number of piperidine rings is 1. The normalized spacial score (nSPS) is 19.2. The Morgan fingerprint density at radius 3 is 2.66 bits per heavy atom. The Labute approximate surface area is 183 Å². The van der Waals surface area contributed by atoms with Crippen LogP contribution in [-0.2, 0) is 4.79 Å². The van der Waals surface area contributed by atoms with E-state index in [1.165, 1.54) is 11.3 Å². The van der Waals surface area contributed by atoms with Crippen molar-refractivity contribution in [2.45, 2.75) is 19.8 Å². The van der Waals surface area contributed by atoms with Gasteiger partial charge in [0.2, 0.25) is 5.91 Å². The number of nitrogens with zero attached hydrogens (tertiary/aromatic N) is 3. The van der Waals surface area contributed by atoms with Crippen molar-refractivity contribution in [2.75, 3.05) is 25.4 Å². The van der Waals surface area contributed by atoms with Crippen molar-refractivity contribution < 1.29 is 9.59 Å². The van der Waals surface area contributed by atoms with Crippen LogP contribution in [0.2, 0.25) is 5.02 Å². The average molecular weight is 448 g/mol. The maximum atomic E-state index is 13.2. The summed E-state index contributed by atoms with van der Waals surface area (Å²) in [6, 6.07) is 9.38. The fourth-order valence-electron chi connectivity index (χ4n) is 3.63. The first-order valence-corrected chi connectivity index (χ1v) is 11.9.